The minimum absolute atomic E-state index is 0.163. The lowest BCUT2D eigenvalue weighted by molar-refractivity contribution is -0.537. The number of carbonyl (C=O) groups is 1. The zero-order valence-electron chi connectivity index (χ0n) is 14.6. The van der Waals surface area contributed by atoms with Crippen molar-refractivity contribution in [1.82, 2.24) is 5.43 Å². The number of nitrogens with one attached hydrogen (secondary N) is 1. The van der Waals surface area contributed by atoms with Crippen LogP contribution in [-0.4, -0.2) is 29.7 Å². The third-order valence-corrected chi connectivity index (χ3v) is 2.06. The van der Waals surface area contributed by atoms with Gasteiger partial charge in [0, 0.05) is 6.42 Å². The van der Waals surface area contributed by atoms with E-state index in [2.05, 4.69) is 0 Å². The molecule has 8 nitrogen and oxygen atoms in total. The molecule has 0 spiro atoms. The Morgan fingerprint density at radius 3 is 1.73 bits per heavy atom. The maximum Gasteiger partial charge on any atom is 0.421 e. The van der Waals surface area contributed by atoms with Gasteiger partial charge in [-0.05, 0) is 54.9 Å². The van der Waals surface area contributed by atoms with Crippen LogP contribution in [-0.2, 0) is 24.3 Å². The first-order valence-electron chi connectivity index (χ1n) is 7.24. The Hall–Kier alpha value is -0.930. The Labute approximate surface area is 132 Å². The van der Waals surface area contributed by atoms with Crippen molar-refractivity contribution in [2.24, 2.45) is 5.84 Å². The SMILES string of the molecule is CC(C)(C)OOC(C)(CCCOC(=O)NN)OOC(C)(C)C. The van der Waals surface area contributed by atoms with Gasteiger partial charge >= 0.3 is 6.09 Å². The van der Waals surface area contributed by atoms with Crippen molar-refractivity contribution in [3.63, 3.8) is 0 Å². The molecule has 0 heterocycles. The Morgan fingerprint density at radius 2 is 1.36 bits per heavy atom. The summed E-state index contributed by atoms with van der Waals surface area (Å²) in [6.07, 6.45) is 0.169. The predicted molar refractivity (Wildman–Crippen MR) is 80.2 cm³/mol. The molecule has 8 heteroatoms. The van der Waals surface area contributed by atoms with E-state index in [-0.39, 0.29) is 6.61 Å². The largest absolute Gasteiger partial charge is 0.449 e. The molecule has 0 atom stereocenters. The molecule has 0 aromatic rings. The molecule has 0 aliphatic carbocycles. The molecule has 3 N–H and O–H groups in total. The summed E-state index contributed by atoms with van der Waals surface area (Å²) in [5.41, 5.74) is 0.884. The van der Waals surface area contributed by atoms with Crippen molar-refractivity contribution in [2.45, 2.75) is 78.3 Å². The molecule has 0 bridgehead atoms. The van der Waals surface area contributed by atoms with Gasteiger partial charge in [-0.1, -0.05) is 0 Å². The number of rotatable bonds is 8. The van der Waals surface area contributed by atoms with Crippen LogP contribution in [0.5, 0.6) is 0 Å². The van der Waals surface area contributed by atoms with Gasteiger partial charge in [-0.2, -0.15) is 9.78 Å². The quantitative estimate of drug-likeness (QED) is 0.177. The smallest absolute Gasteiger partial charge is 0.421 e. The lowest BCUT2D eigenvalue weighted by atomic mass is 10.2. The molecule has 0 saturated carbocycles. The highest BCUT2D eigenvalue weighted by molar-refractivity contribution is 5.66. The highest BCUT2D eigenvalue weighted by atomic mass is 17.3. The maximum absolute atomic E-state index is 10.9. The van der Waals surface area contributed by atoms with E-state index in [9.17, 15) is 4.79 Å². The average Bonchev–Trinajstić information content (AvgIpc) is 2.38. The first-order valence-corrected chi connectivity index (χ1v) is 7.24. The maximum atomic E-state index is 10.9. The third kappa shape index (κ3) is 11.7. The first kappa shape index (κ1) is 21.1. The molecule has 0 aliphatic rings. The third-order valence-electron chi connectivity index (χ3n) is 2.06. The van der Waals surface area contributed by atoms with Crippen LogP contribution in [0.4, 0.5) is 4.79 Å². The standard InChI is InChI=1S/C14H30N2O6/c1-12(2,3)19-21-14(7,22-20-13(4,5)6)9-8-10-18-11(17)16-15/h8-10,15H2,1-7H3,(H,16,17). The van der Waals surface area contributed by atoms with Crippen molar-refractivity contribution < 1.29 is 29.1 Å². The number of nitrogens with two attached hydrogens (primary N) is 1. The summed E-state index contributed by atoms with van der Waals surface area (Å²) in [7, 11) is 0. The van der Waals surface area contributed by atoms with E-state index >= 15 is 0 Å². The summed E-state index contributed by atoms with van der Waals surface area (Å²) >= 11 is 0. The highest BCUT2D eigenvalue weighted by Gasteiger charge is 2.33. The molecule has 0 aliphatic heterocycles. The van der Waals surface area contributed by atoms with Crippen molar-refractivity contribution in [2.75, 3.05) is 6.61 Å². The van der Waals surface area contributed by atoms with E-state index in [1.54, 1.807) is 6.92 Å². The van der Waals surface area contributed by atoms with Gasteiger partial charge in [-0.25, -0.2) is 20.4 Å². The molecule has 0 radical (unpaired) electrons. The second-order valence-electron chi connectivity index (χ2n) is 7.08. The van der Waals surface area contributed by atoms with E-state index in [0.29, 0.717) is 12.8 Å². The Balaban J connectivity index is 4.46. The minimum atomic E-state index is -1.14. The summed E-state index contributed by atoms with van der Waals surface area (Å²) in [5, 5.41) is 0. The van der Waals surface area contributed by atoms with Crippen LogP contribution >= 0.6 is 0 Å². The lowest BCUT2D eigenvalue weighted by Gasteiger charge is -2.32. The number of hydrazine groups is 1. The van der Waals surface area contributed by atoms with Crippen LogP contribution in [0.25, 0.3) is 0 Å². The Kier molecular flexibility index (Phi) is 8.27. The van der Waals surface area contributed by atoms with Gasteiger partial charge in [-0.3, -0.25) is 5.43 Å². The minimum Gasteiger partial charge on any atom is -0.449 e. The van der Waals surface area contributed by atoms with Crippen LogP contribution < -0.4 is 11.3 Å². The fourth-order valence-corrected chi connectivity index (χ4v) is 1.12. The topological polar surface area (TPSA) is 101 Å². The van der Waals surface area contributed by atoms with E-state index in [0.717, 1.165) is 0 Å². The first-order chi connectivity index (χ1) is 9.87. The van der Waals surface area contributed by atoms with E-state index in [1.165, 1.54) is 0 Å². The van der Waals surface area contributed by atoms with Gasteiger partial charge in [0.25, 0.3) is 0 Å². The molecule has 0 fully saturated rings. The van der Waals surface area contributed by atoms with Gasteiger partial charge < -0.3 is 4.74 Å². The fraction of sp³-hybridized carbons (Fsp3) is 0.929. The molecule has 1 amide bonds. The van der Waals surface area contributed by atoms with Crippen LogP contribution in [0.3, 0.4) is 0 Å². The highest BCUT2D eigenvalue weighted by Crippen LogP contribution is 2.25. The number of amides is 1. The van der Waals surface area contributed by atoms with E-state index in [4.69, 9.17) is 30.1 Å². The second-order valence-corrected chi connectivity index (χ2v) is 7.08. The number of carbonyl (C=O) groups excluding carboxylic acids is 1. The van der Waals surface area contributed by atoms with Crippen molar-refractivity contribution in [3.8, 4) is 0 Å². The number of hydrogen-bond donors (Lipinski definition) is 2. The monoisotopic (exact) mass is 322 g/mol. The average molecular weight is 322 g/mol. The van der Waals surface area contributed by atoms with Crippen LogP contribution in [0.2, 0.25) is 0 Å². The van der Waals surface area contributed by atoms with Crippen LogP contribution in [0, 0.1) is 0 Å². The summed E-state index contributed by atoms with van der Waals surface area (Å²) < 4.78 is 4.81. The molecule has 0 aromatic carbocycles. The predicted octanol–water partition coefficient (Wildman–Crippen LogP) is 2.58. The number of hydrogen-bond acceptors (Lipinski definition) is 7. The van der Waals surface area contributed by atoms with Crippen molar-refractivity contribution in [3.05, 3.63) is 0 Å². The molecular weight excluding hydrogens is 292 g/mol. The van der Waals surface area contributed by atoms with Gasteiger partial charge in [0.05, 0.1) is 17.8 Å². The fourth-order valence-electron chi connectivity index (χ4n) is 1.12. The van der Waals surface area contributed by atoms with Crippen molar-refractivity contribution in [1.29, 1.82) is 0 Å². The molecular formula is C14H30N2O6. The Bertz CT molecular complexity index is 317. The normalized spacial score (nSPS) is 13.1. The van der Waals surface area contributed by atoms with Gasteiger partial charge in [-0.15, -0.1) is 0 Å². The molecule has 22 heavy (non-hydrogen) atoms. The molecule has 0 rings (SSSR count). The molecule has 0 unspecified atom stereocenters. The summed E-state index contributed by atoms with van der Waals surface area (Å²) in [6, 6.07) is 0. The van der Waals surface area contributed by atoms with Crippen LogP contribution in [0.15, 0.2) is 0 Å². The van der Waals surface area contributed by atoms with Gasteiger partial charge in [0.15, 0.2) is 0 Å². The molecule has 132 valence electrons. The van der Waals surface area contributed by atoms with Crippen molar-refractivity contribution >= 4 is 6.09 Å². The van der Waals surface area contributed by atoms with E-state index < -0.39 is 23.1 Å². The summed E-state index contributed by atoms with van der Waals surface area (Å²) in [5.74, 6) is 3.78. The molecule has 0 saturated heterocycles. The zero-order valence-corrected chi connectivity index (χ0v) is 14.6. The van der Waals surface area contributed by atoms with E-state index in [1.807, 2.05) is 47.0 Å². The summed E-state index contributed by atoms with van der Waals surface area (Å²) in [6.45, 7) is 13.0. The van der Waals surface area contributed by atoms with Gasteiger partial charge in [0.1, 0.15) is 0 Å². The number of ether oxygens (including phenoxy) is 1. The lowest BCUT2D eigenvalue weighted by Crippen LogP contribution is -2.39. The van der Waals surface area contributed by atoms with Gasteiger partial charge in [0.2, 0.25) is 5.79 Å². The Morgan fingerprint density at radius 1 is 0.909 bits per heavy atom. The summed E-state index contributed by atoms with van der Waals surface area (Å²) in [4.78, 5) is 32.3. The second kappa shape index (κ2) is 8.64. The van der Waals surface area contributed by atoms with Crippen LogP contribution in [0.1, 0.15) is 61.3 Å². The molecule has 0 aromatic heterocycles. The zero-order chi connectivity index (χ0) is 17.4.